The van der Waals surface area contributed by atoms with Crippen LogP contribution in [0.25, 0.3) is 0 Å². The Morgan fingerprint density at radius 1 is 1.12 bits per heavy atom. The van der Waals surface area contributed by atoms with Crippen molar-refractivity contribution in [2.24, 2.45) is 21.5 Å². The van der Waals surface area contributed by atoms with Crippen LogP contribution in [0.1, 0.15) is 17.3 Å². The molecule has 25 heavy (non-hydrogen) atoms. The fourth-order valence-electron chi connectivity index (χ4n) is 2.59. The lowest BCUT2D eigenvalue weighted by molar-refractivity contribution is 0.319. The quantitative estimate of drug-likeness (QED) is 0.853. The van der Waals surface area contributed by atoms with Crippen LogP contribution in [0, 0.1) is 5.82 Å². The first kappa shape index (κ1) is 19.0. The molecule has 1 heterocycles. The lowest BCUT2D eigenvalue weighted by atomic mass is 10.1. The third-order valence-corrected chi connectivity index (χ3v) is 4.01. The first-order valence-corrected chi connectivity index (χ1v) is 7.85. The molecule has 0 radical (unpaired) electrons. The normalized spacial score (nSPS) is 16.7. The van der Waals surface area contributed by atoms with Crippen molar-refractivity contribution in [2.45, 2.75) is 12.6 Å². The molecule has 0 aliphatic carbocycles. The lowest BCUT2D eigenvalue weighted by Gasteiger charge is -2.32. The number of nitrogens with two attached hydrogens (primary N) is 2. The Bertz CT molecular complexity index is 792. The van der Waals surface area contributed by atoms with Crippen LogP contribution in [0.2, 0.25) is 5.02 Å². The van der Waals surface area contributed by atoms with Gasteiger partial charge in [0.1, 0.15) is 5.82 Å². The molecule has 0 aromatic heterocycles. The average Bonchev–Trinajstić information content (AvgIpc) is 2.55. The minimum Gasteiger partial charge on any atom is -0.369 e. The summed E-state index contributed by atoms with van der Waals surface area (Å²) in [5.41, 5.74) is 13.7. The Morgan fingerprint density at radius 3 is 2.52 bits per heavy atom. The molecular weight excluding hydrogens is 364 g/mol. The van der Waals surface area contributed by atoms with Crippen molar-refractivity contribution in [3.63, 3.8) is 0 Å². The van der Waals surface area contributed by atoms with E-state index in [4.69, 9.17) is 23.1 Å². The maximum atomic E-state index is 13.0. The predicted octanol–water partition coefficient (Wildman–Crippen LogP) is 3.09. The van der Waals surface area contributed by atoms with Crippen molar-refractivity contribution in [1.29, 1.82) is 0 Å². The number of hydrogen-bond acceptors (Lipinski definition) is 5. The van der Waals surface area contributed by atoms with Gasteiger partial charge in [-0.25, -0.2) is 9.38 Å². The largest absolute Gasteiger partial charge is 0.369 e. The number of aliphatic imine (C=N–C) groups is 2. The summed E-state index contributed by atoms with van der Waals surface area (Å²) in [6.45, 7) is 0.564. The van der Waals surface area contributed by atoms with Crippen molar-refractivity contribution >= 4 is 35.9 Å². The maximum Gasteiger partial charge on any atom is 0.220 e. The molecule has 1 atom stereocenters. The van der Waals surface area contributed by atoms with Gasteiger partial charge in [0.25, 0.3) is 0 Å². The molecule has 1 unspecified atom stereocenters. The summed E-state index contributed by atoms with van der Waals surface area (Å²) in [6.07, 6.45) is 0.282. The van der Waals surface area contributed by atoms with Gasteiger partial charge in [-0.15, -0.1) is 12.4 Å². The molecule has 132 valence electrons. The second-order valence-electron chi connectivity index (χ2n) is 5.46. The van der Waals surface area contributed by atoms with Crippen LogP contribution in [0.15, 0.2) is 58.5 Å². The van der Waals surface area contributed by atoms with E-state index in [1.165, 1.54) is 12.1 Å². The smallest absolute Gasteiger partial charge is 0.220 e. The lowest BCUT2D eigenvalue weighted by Crippen LogP contribution is -2.45. The van der Waals surface area contributed by atoms with Crippen LogP contribution >= 0.6 is 24.0 Å². The monoisotopic (exact) mass is 381 g/mol. The number of hydrogen-bond donors (Lipinski definition) is 2. The van der Waals surface area contributed by atoms with Gasteiger partial charge in [0.05, 0.1) is 0 Å². The predicted molar refractivity (Wildman–Crippen MR) is 101 cm³/mol. The first-order chi connectivity index (χ1) is 11.5. The Balaban J connectivity index is 0.00000225. The molecule has 0 saturated heterocycles. The van der Waals surface area contributed by atoms with Gasteiger partial charge in [-0.05, 0) is 41.8 Å². The van der Waals surface area contributed by atoms with E-state index in [0.717, 1.165) is 11.1 Å². The van der Waals surface area contributed by atoms with Crippen molar-refractivity contribution in [1.82, 2.24) is 4.90 Å². The minimum atomic E-state index is -0.387. The molecule has 3 rings (SSSR count). The van der Waals surface area contributed by atoms with E-state index in [1.807, 2.05) is 23.1 Å². The second kappa shape index (κ2) is 8.18. The Kier molecular flexibility index (Phi) is 6.22. The third-order valence-electron chi connectivity index (χ3n) is 3.77. The van der Waals surface area contributed by atoms with Crippen LogP contribution in [-0.2, 0) is 6.42 Å². The van der Waals surface area contributed by atoms with Crippen LogP contribution in [0.3, 0.4) is 0 Å². The molecular formula is C17H18Cl2FN5. The number of rotatable bonds is 4. The number of benzene rings is 2. The van der Waals surface area contributed by atoms with Crippen molar-refractivity contribution < 1.29 is 4.39 Å². The summed E-state index contributed by atoms with van der Waals surface area (Å²) in [6, 6.07) is 13.8. The van der Waals surface area contributed by atoms with E-state index >= 15 is 0 Å². The summed E-state index contributed by atoms with van der Waals surface area (Å²) < 4.78 is 13.0. The van der Waals surface area contributed by atoms with E-state index in [1.54, 1.807) is 18.2 Å². The van der Waals surface area contributed by atoms with Crippen LogP contribution in [0.4, 0.5) is 4.39 Å². The summed E-state index contributed by atoms with van der Waals surface area (Å²) in [5, 5.41) is 0.612. The van der Waals surface area contributed by atoms with Gasteiger partial charge in [-0.1, -0.05) is 35.9 Å². The zero-order valence-electron chi connectivity index (χ0n) is 13.3. The highest BCUT2D eigenvalue weighted by molar-refractivity contribution is 6.30. The standard InChI is InChI=1S/C17H17ClFN5.ClH/c18-13-3-1-2-12(10-13)15-22-16(20)23-17(21)24(15)9-8-11-4-6-14(19)7-5-11;/h1-7,10,15H,8-9H2,(H4,20,21,22,23);1H. The molecule has 8 heteroatoms. The van der Waals surface area contributed by atoms with Gasteiger partial charge >= 0.3 is 0 Å². The molecule has 2 aromatic carbocycles. The Labute approximate surface area is 156 Å². The van der Waals surface area contributed by atoms with Gasteiger partial charge in [0.2, 0.25) is 11.9 Å². The summed E-state index contributed by atoms with van der Waals surface area (Å²) in [4.78, 5) is 10.3. The molecule has 0 saturated carbocycles. The first-order valence-electron chi connectivity index (χ1n) is 7.47. The van der Waals surface area contributed by atoms with Crippen LogP contribution < -0.4 is 11.5 Å². The van der Waals surface area contributed by atoms with Gasteiger partial charge in [-0.2, -0.15) is 4.99 Å². The van der Waals surface area contributed by atoms with Gasteiger partial charge in [0, 0.05) is 11.6 Å². The van der Waals surface area contributed by atoms with E-state index in [-0.39, 0.29) is 30.3 Å². The molecule has 1 aliphatic rings. The van der Waals surface area contributed by atoms with E-state index in [0.29, 0.717) is 23.9 Å². The van der Waals surface area contributed by atoms with Crippen molar-refractivity contribution in [3.05, 3.63) is 70.5 Å². The highest BCUT2D eigenvalue weighted by Gasteiger charge is 2.25. The molecule has 0 spiro atoms. The molecule has 1 aliphatic heterocycles. The van der Waals surface area contributed by atoms with Crippen molar-refractivity contribution in [2.75, 3.05) is 6.54 Å². The summed E-state index contributed by atoms with van der Waals surface area (Å²) >= 11 is 6.08. The van der Waals surface area contributed by atoms with E-state index in [2.05, 4.69) is 9.98 Å². The molecule has 5 nitrogen and oxygen atoms in total. The Morgan fingerprint density at radius 2 is 1.84 bits per heavy atom. The SMILES string of the molecule is Cl.NC1=NC(c2cccc(Cl)c2)N(CCc2ccc(F)cc2)C(N)=N1. The fraction of sp³-hybridized carbons (Fsp3) is 0.176. The molecule has 0 amide bonds. The minimum absolute atomic E-state index is 0. The third kappa shape index (κ3) is 4.61. The second-order valence-corrected chi connectivity index (χ2v) is 5.89. The number of nitrogens with zero attached hydrogens (tertiary/aromatic N) is 3. The van der Waals surface area contributed by atoms with E-state index in [9.17, 15) is 4.39 Å². The zero-order chi connectivity index (χ0) is 17.1. The zero-order valence-corrected chi connectivity index (χ0v) is 14.8. The fourth-order valence-corrected chi connectivity index (χ4v) is 2.79. The van der Waals surface area contributed by atoms with Gasteiger partial charge in [-0.3, -0.25) is 0 Å². The summed E-state index contributed by atoms with van der Waals surface area (Å²) in [7, 11) is 0. The average molecular weight is 382 g/mol. The number of halogens is 3. The van der Waals surface area contributed by atoms with Gasteiger partial charge in [0.15, 0.2) is 6.17 Å². The molecule has 2 aromatic rings. The van der Waals surface area contributed by atoms with Gasteiger partial charge < -0.3 is 16.4 Å². The van der Waals surface area contributed by atoms with Crippen molar-refractivity contribution in [3.8, 4) is 0 Å². The topological polar surface area (TPSA) is 80.0 Å². The highest BCUT2D eigenvalue weighted by Crippen LogP contribution is 2.27. The maximum absolute atomic E-state index is 13.0. The molecule has 0 bridgehead atoms. The van der Waals surface area contributed by atoms with Crippen LogP contribution in [0.5, 0.6) is 0 Å². The van der Waals surface area contributed by atoms with Crippen LogP contribution in [-0.4, -0.2) is 23.4 Å². The highest BCUT2D eigenvalue weighted by atomic mass is 35.5. The molecule has 4 N–H and O–H groups in total. The summed E-state index contributed by atoms with van der Waals surface area (Å²) in [5.74, 6) is 0.178. The van der Waals surface area contributed by atoms with E-state index < -0.39 is 0 Å². The molecule has 0 fully saturated rings. The Hall–Kier alpha value is -2.31. The number of guanidine groups is 2.